The predicted octanol–water partition coefficient (Wildman–Crippen LogP) is 2.75. The van der Waals surface area contributed by atoms with Gasteiger partial charge in [-0.25, -0.2) is 4.79 Å². The van der Waals surface area contributed by atoms with Crippen molar-refractivity contribution in [3.63, 3.8) is 0 Å². The van der Waals surface area contributed by atoms with Gasteiger partial charge in [-0.15, -0.1) is 0 Å². The van der Waals surface area contributed by atoms with Gasteiger partial charge in [-0.1, -0.05) is 25.0 Å². The quantitative estimate of drug-likeness (QED) is 0.854. The second kappa shape index (κ2) is 5.67. The zero-order valence-electron chi connectivity index (χ0n) is 11.6. The highest BCUT2D eigenvalue weighted by atomic mass is 16.4. The van der Waals surface area contributed by atoms with E-state index < -0.39 is 0 Å². The summed E-state index contributed by atoms with van der Waals surface area (Å²) in [5.74, 6) is 0. The lowest BCUT2D eigenvalue weighted by Crippen LogP contribution is -2.27. The first kappa shape index (κ1) is 13.2. The molecule has 1 saturated heterocycles. The van der Waals surface area contributed by atoms with Crippen LogP contribution in [-0.2, 0) is 6.54 Å². The molecule has 0 amide bonds. The second-order valence-electron chi connectivity index (χ2n) is 5.47. The molecule has 0 saturated carbocycles. The summed E-state index contributed by atoms with van der Waals surface area (Å²) in [6.07, 6.45) is 4.94. The van der Waals surface area contributed by atoms with E-state index in [0.29, 0.717) is 23.4 Å². The van der Waals surface area contributed by atoms with Crippen LogP contribution >= 0.6 is 0 Å². The van der Waals surface area contributed by atoms with Crippen molar-refractivity contribution in [2.24, 2.45) is 0 Å². The van der Waals surface area contributed by atoms with E-state index in [9.17, 15) is 4.79 Å². The number of likely N-dealkylation sites (tertiary alicyclic amines) is 1. The highest BCUT2D eigenvalue weighted by Gasteiger charge is 2.16. The van der Waals surface area contributed by atoms with E-state index in [-0.39, 0.29) is 5.63 Å². The predicted molar refractivity (Wildman–Crippen MR) is 80.6 cm³/mol. The van der Waals surface area contributed by atoms with Crippen molar-refractivity contribution >= 4 is 16.7 Å². The molecule has 0 atom stereocenters. The van der Waals surface area contributed by atoms with Crippen molar-refractivity contribution in [1.29, 1.82) is 0 Å². The molecule has 2 heterocycles. The molecule has 1 aromatic heterocycles. The van der Waals surface area contributed by atoms with E-state index in [4.69, 9.17) is 10.2 Å². The van der Waals surface area contributed by atoms with E-state index in [2.05, 4.69) is 4.90 Å². The Balaban J connectivity index is 1.96. The molecule has 3 rings (SSSR count). The molecule has 20 heavy (non-hydrogen) atoms. The van der Waals surface area contributed by atoms with Gasteiger partial charge >= 0.3 is 5.63 Å². The maximum atomic E-state index is 12.1. The Bertz CT molecular complexity index is 655. The molecule has 1 aliphatic rings. The van der Waals surface area contributed by atoms with Gasteiger partial charge < -0.3 is 10.2 Å². The number of fused-ring (bicyclic) bond motifs is 1. The summed E-state index contributed by atoms with van der Waals surface area (Å²) < 4.78 is 5.38. The van der Waals surface area contributed by atoms with Crippen LogP contribution in [0, 0.1) is 0 Å². The summed E-state index contributed by atoms with van der Waals surface area (Å²) in [5, 5.41) is 0.830. The van der Waals surface area contributed by atoms with Crippen molar-refractivity contribution in [3.05, 3.63) is 40.2 Å². The number of hydrogen-bond donors (Lipinski definition) is 1. The first-order chi connectivity index (χ1) is 9.75. The molecule has 4 nitrogen and oxygen atoms in total. The fraction of sp³-hybridized carbons (Fsp3) is 0.438. The monoisotopic (exact) mass is 272 g/mol. The van der Waals surface area contributed by atoms with Gasteiger partial charge in [0.1, 0.15) is 5.58 Å². The second-order valence-corrected chi connectivity index (χ2v) is 5.47. The van der Waals surface area contributed by atoms with Crippen LogP contribution in [0.15, 0.2) is 33.5 Å². The van der Waals surface area contributed by atoms with E-state index in [1.165, 1.54) is 25.7 Å². The summed E-state index contributed by atoms with van der Waals surface area (Å²) in [6.45, 7) is 2.66. The molecule has 0 unspecified atom stereocenters. The Morgan fingerprint density at radius 1 is 1.10 bits per heavy atom. The number of benzene rings is 1. The van der Waals surface area contributed by atoms with E-state index in [1.807, 2.05) is 18.2 Å². The topological polar surface area (TPSA) is 59.5 Å². The maximum Gasteiger partial charge on any atom is 0.342 e. The lowest BCUT2D eigenvalue weighted by molar-refractivity contribution is 0.274. The van der Waals surface area contributed by atoms with Gasteiger partial charge in [0, 0.05) is 11.9 Å². The van der Waals surface area contributed by atoms with Gasteiger partial charge in [-0.2, -0.15) is 0 Å². The Kier molecular flexibility index (Phi) is 3.74. The first-order valence-corrected chi connectivity index (χ1v) is 7.28. The Hall–Kier alpha value is -1.81. The Labute approximate surface area is 118 Å². The summed E-state index contributed by atoms with van der Waals surface area (Å²) >= 11 is 0. The van der Waals surface area contributed by atoms with Crippen LogP contribution in [-0.4, -0.2) is 18.0 Å². The minimum atomic E-state index is -0.301. The maximum absolute atomic E-state index is 12.1. The fourth-order valence-corrected chi connectivity index (χ4v) is 2.88. The standard InChI is InChI=1S/C16H20N2O2/c17-15-12-7-3-4-8-14(12)20-16(19)13(15)11-18-9-5-1-2-6-10-18/h3-4,7-8H,1-2,5-6,9-11,17H2. The molecule has 4 heteroatoms. The molecule has 106 valence electrons. The number of nitrogens with zero attached hydrogens (tertiary/aromatic N) is 1. The minimum absolute atomic E-state index is 0.301. The third-order valence-corrected chi connectivity index (χ3v) is 4.03. The van der Waals surface area contributed by atoms with Crippen LogP contribution in [0.5, 0.6) is 0 Å². The summed E-state index contributed by atoms with van der Waals surface area (Å²) in [7, 11) is 0. The van der Waals surface area contributed by atoms with E-state index >= 15 is 0 Å². The number of hydrogen-bond acceptors (Lipinski definition) is 4. The molecule has 1 aliphatic heterocycles. The third kappa shape index (κ3) is 2.56. The van der Waals surface area contributed by atoms with Crippen LogP contribution < -0.4 is 11.4 Å². The third-order valence-electron chi connectivity index (χ3n) is 4.03. The van der Waals surface area contributed by atoms with Crippen LogP contribution in [0.25, 0.3) is 11.0 Å². The number of para-hydroxylation sites is 1. The smallest absolute Gasteiger partial charge is 0.342 e. The summed E-state index contributed by atoms with van der Waals surface area (Å²) in [5.41, 5.74) is 7.63. The lowest BCUT2D eigenvalue weighted by atomic mass is 10.1. The van der Waals surface area contributed by atoms with Crippen LogP contribution in [0.1, 0.15) is 31.2 Å². The van der Waals surface area contributed by atoms with Gasteiger partial charge in [0.05, 0.1) is 11.3 Å². The van der Waals surface area contributed by atoms with Crippen molar-refractivity contribution in [3.8, 4) is 0 Å². The number of anilines is 1. The van der Waals surface area contributed by atoms with E-state index in [1.54, 1.807) is 6.07 Å². The molecule has 2 aromatic rings. The minimum Gasteiger partial charge on any atom is -0.422 e. The van der Waals surface area contributed by atoms with Gasteiger partial charge in [-0.05, 0) is 38.1 Å². The molecule has 0 bridgehead atoms. The normalized spacial score (nSPS) is 17.2. The first-order valence-electron chi connectivity index (χ1n) is 7.28. The van der Waals surface area contributed by atoms with Gasteiger partial charge in [-0.3, -0.25) is 4.90 Å². The van der Waals surface area contributed by atoms with Crippen LogP contribution in [0.2, 0.25) is 0 Å². The molecule has 2 N–H and O–H groups in total. The Morgan fingerprint density at radius 3 is 2.55 bits per heavy atom. The molecular formula is C16H20N2O2. The highest BCUT2D eigenvalue weighted by Crippen LogP contribution is 2.23. The molecule has 0 spiro atoms. The number of rotatable bonds is 2. The van der Waals surface area contributed by atoms with Crippen LogP contribution in [0.4, 0.5) is 5.69 Å². The van der Waals surface area contributed by atoms with E-state index in [0.717, 1.165) is 18.5 Å². The summed E-state index contributed by atoms with van der Waals surface area (Å²) in [6, 6.07) is 7.44. The molecule has 1 aromatic carbocycles. The average Bonchev–Trinajstić information content (AvgIpc) is 2.72. The summed E-state index contributed by atoms with van der Waals surface area (Å²) in [4.78, 5) is 14.5. The SMILES string of the molecule is Nc1c(CN2CCCCCC2)c(=O)oc2ccccc12. The van der Waals surface area contributed by atoms with Gasteiger partial charge in [0.15, 0.2) is 0 Å². The molecular weight excluding hydrogens is 252 g/mol. The van der Waals surface area contributed by atoms with Crippen LogP contribution in [0.3, 0.4) is 0 Å². The zero-order chi connectivity index (χ0) is 13.9. The molecule has 0 radical (unpaired) electrons. The molecule has 1 fully saturated rings. The van der Waals surface area contributed by atoms with Crippen molar-refractivity contribution in [2.75, 3.05) is 18.8 Å². The van der Waals surface area contributed by atoms with Crippen molar-refractivity contribution < 1.29 is 4.42 Å². The largest absolute Gasteiger partial charge is 0.422 e. The zero-order valence-corrected chi connectivity index (χ0v) is 11.6. The van der Waals surface area contributed by atoms with Gasteiger partial charge in [0.2, 0.25) is 0 Å². The Morgan fingerprint density at radius 2 is 1.80 bits per heavy atom. The van der Waals surface area contributed by atoms with Crippen molar-refractivity contribution in [1.82, 2.24) is 4.90 Å². The fourth-order valence-electron chi connectivity index (χ4n) is 2.88. The molecule has 0 aliphatic carbocycles. The highest BCUT2D eigenvalue weighted by molar-refractivity contribution is 5.89. The average molecular weight is 272 g/mol. The number of nitrogen functional groups attached to an aromatic ring is 1. The van der Waals surface area contributed by atoms with Crippen molar-refractivity contribution in [2.45, 2.75) is 32.2 Å². The lowest BCUT2D eigenvalue weighted by Gasteiger charge is -2.20. The number of nitrogens with two attached hydrogens (primary N) is 1. The van der Waals surface area contributed by atoms with Gasteiger partial charge in [0.25, 0.3) is 0 Å².